The molecule has 0 fully saturated rings. The second-order valence-electron chi connectivity index (χ2n) is 10.1. The summed E-state index contributed by atoms with van der Waals surface area (Å²) in [6.45, 7) is 2.70. The van der Waals surface area contributed by atoms with E-state index in [1.807, 2.05) is 0 Å². The minimum Gasteiger partial charge on any atom is -0.440 e. The summed E-state index contributed by atoms with van der Waals surface area (Å²) in [6, 6.07) is 4.13. The van der Waals surface area contributed by atoms with Crippen molar-refractivity contribution in [3.8, 4) is 11.5 Å². The summed E-state index contributed by atoms with van der Waals surface area (Å²) in [4.78, 5) is 12.9. The minimum atomic E-state index is -6.29. The maximum atomic E-state index is 15.5. The molecule has 0 unspecified atom stereocenters. The molecule has 0 amide bonds. The predicted octanol–water partition coefficient (Wildman–Crippen LogP) is 4.30. The Morgan fingerprint density at radius 1 is 0.689 bits per heavy atom. The highest BCUT2D eigenvalue weighted by atomic mass is 32.2. The largest absolute Gasteiger partial charge is 0.534 e. The zero-order valence-corrected chi connectivity index (χ0v) is 24.5. The summed E-state index contributed by atoms with van der Waals surface area (Å²) in [5.74, 6) is -13.0. The standard InChI is InChI=1S/C24H12F10O8S2Si/c1-45(2)13-7-9(41-43(36,37)23(29,30)31)3-5-11(13)22(16-15(21(35)40-22)17(25)19(27)20(28)18(16)26)12-6-4-10(8-14(12)45)42-44(38,39)24(32,33)34/h3-8H,1-2H3. The maximum absolute atomic E-state index is 15.5. The van der Waals surface area contributed by atoms with Crippen LogP contribution in [-0.4, -0.2) is 41.9 Å². The number of esters is 1. The van der Waals surface area contributed by atoms with Crippen molar-refractivity contribution in [2.75, 3.05) is 0 Å². The topological polar surface area (TPSA) is 113 Å². The van der Waals surface area contributed by atoms with Gasteiger partial charge in [0.2, 0.25) is 0 Å². The van der Waals surface area contributed by atoms with Gasteiger partial charge in [0.05, 0.1) is 5.56 Å². The Balaban J connectivity index is 1.87. The molecule has 0 saturated carbocycles. The van der Waals surface area contributed by atoms with Crippen molar-refractivity contribution >= 4 is 44.7 Å². The normalized spacial score (nSPS) is 16.9. The van der Waals surface area contributed by atoms with Crippen LogP contribution in [0.25, 0.3) is 0 Å². The molecule has 0 radical (unpaired) electrons. The fraction of sp³-hybridized carbons (Fsp3) is 0.208. The Morgan fingerprint density at radius 3 is 1.49 bits per heavy atom. The van der Waals surface area contributed by atoms with Crippen LogP contribution >= 0.6 is 0 Å². The molecule has 0 atom stereocenters. The molecule has 21 heteroatoms. The van der Waals surface area contributed by atoms with Crippen molar-refractivity contribution in [1.29, 1.82) is 0 Å². The highest BCUT2D eigenvalue weighted by molar-refractivity contribution is 7.88. The number of halogens is 10. The van der Waals surface area contributed by atoms with Gasteiger partial charge in [-0.2, -0.15) is 43.2 Å². The first kappa shape index (κ1) is 32.5. The Bertz CT molecular complexity index is 1940. The number of benzene rings is 3. The number of hydrogen-bond donors (Lipinski definition) is 0. The highest BCUT2D eigenvalue weighted by Crippen LogP contribution is 2.51. The third-order valence-electron chi connectivity index (χ3n) is 7.14. The monoisotopic (exact) mass is 710 g/mol. The molecule has 3 aromatic carbocycles. The Morgan fingerprint density at radius 2 is 1.09 bits per heavy atom. The van der Waals surface area contributed by atoms with E-state index in [2.05, 4.69) is 8.37 Å². The van der Waals surface area contributed by atoms with Gasteiger partial charge in [0.15, 0.2) is 28.9 Å². The fourth-order valence-electron chi connectivity index (χ4n) is 5.21. The Kier molecular flexibility index (Phi) is 6.93. The third-order valence-corrected chi connectivity index (χ3v) is 12.6. The van der Waals surface area contributed by atoms with Gasteiger partial charge in [0.1, 0.15) is 25.1 Å². The second kappa shape index (κ2) is 9.58. The first-order chi connectivity index (χ1) is 20.4. The van der Waals surface area contributed by atoms with E-state index in [1.165, 1.54) is 13.1 Å². The molecule has 8 nitrogen and oxygen atoms in total. The number of hydrogen-bond acceptors (Lipinski definition) is 8. The average molecular weight is 711 g/mol. The first-order valence-electron chi connectivity index (χ1n) is 11.8. The maximum Gasteiger partial charge on any atom is 0.534 e. The lowest BCUT2D eigenvalue weighted by Crippen LogP contribution is -2.63. The summed E-state index contributed by atoms with van der Waals surface area (Å²) < 4.78 is 198. The van der Waals surface area contributed by atoms with E-state index in [0.29, 0.717) is 24.3 Å². The highest BCUT2D eigenvalue weighted by Gasteiger charge is 2.60. The lowest BCUT2D eigenvalue weighted by molar-refractivity contribution is -0.0504. The first-order valence-corrected chi connectivity index (χ1v) is 17.6. The van der Waals surface area contributed by atoms with Crippen molar-refractivity contribution in [1.82, 2.24) is 0 Å². The number of carbonyl (C=O) groups excluding carboxylic acids is 1. The zero-order valence-electron chi connectivity index (χ0n) is 21.8. The molecule has 0 saturated heterocycles. The molecule has 0 N–H and O–H groups in total. The van der Waals surface area contributed by atoms with E-state index < -0.39 is 108 Å². The number of alkyl halides is 6. The Labute approximate surface area is 246 Å². The quantitative estimate of drug-likeness (QED) is 0.0750. The summed E-state index contributed by atoms with van der Waals surface area (Å²) in [6.07, 6.45) is 0. The van der Waals surface area contributed by atoms with Crippen LogP contribution in [0.15, 0.2) is 36.4 Å². The zero-order chi connectivity index (χ0) is 33.9. The van der Waals surface area contributed by atoms with Crippen molar-refractivity contribution < 1.29 is 78.6 Å². The van der Waals surface area contributed by atoms with E-state index in [4.69, 9.17) is 4.74 Å². The molecule has 2 heterocycles. The number of rotatable bonds is 4. The third kappa shape index (κ3) is 4.56. The van der Waals surface area contributed by atoms with Crippen molar-refractivity contribution in [3.05, 3.63) is 81.9 Å². The van der Waals surface area contributed by atoms with Gasteiger partial charge >= 0.3 is 37.2 Å². The number of fused-ring (bicyclic) bond motifs is 6. The van der Waals surface area contributed by atoms with Crippen molar-refractivity contribution in [2.24, 2.45) is 0 Å². The van der Waals surface area contributed by atoms with Crippen molar-refractivity contribution in [2.45, 2.75) is 29.7 Å². The average Bonchev–Trinajstić information content (AvgIpc) is 3.21. The van der Waals surface area contributed by atoms with E-state index in [1.54, 1.807) is 0 Å². The van der Waals surface area contributed by atoms with E-state index >= 15 is 4.39 Å². The molecular weight excluding hydrogens is 698 g/mol. The van der Waals surface area contributed by atoms with E-state index in [-0.39, 0.29) is 10.4 Å². The summed E-state index contributed by atoms with van der Waals surface area (Å²) in [7, 11) is -16.3. The summed E-state index contributed by atoms with van der Waals surface area (Å²) in [5, 5.41) is -0.572. The van der Waals surface area contributed by atoms with Gasteiger partial charge in [0.25, 0.3) is 0 Å². The molecule has 242 valence electrons. The molecule has 0 bridgehead atoms. The van der Waals surface area contributed by atoms with Crippen LogP contribution in [0.1, 0.15) is 27.0 Å². The van der Waals surface area contributed by atoms with Crippen LogP contribution in [0.3, 0.4) is 0 Å². The molecule has 5 rings (SSSR count). The number of carbonyl (C=O) groups is 1. The Hall–Kier alpha value is -3.85. The molecule has 0 aliphatic carbocycles. The summed E-state index contributed by atoms with van der Waals surface area (Å²) >= 11 is 0. The van der Waals surface area contributed by atoms with Gasteiger partial charge in [-0.25, -0.2) is 22.4 Å². The molecule has 1 spiro atoms. The van der Waals surface area contributed by atoms with E-state index in [0.717, 1.165) is 12.1 Å². The smallest absolute Gasteiger partial charge is 0.440 e. The molecule has 2 aliphatic rings. The van der Waals surface area contributed by atoms with Crippen LogP contribution in [-0.2, 0) is 30.6 Å². The van der Waals surface area contributed by atoms with E-state index in [9.17, 15) is 61.1 Å². The predicted molar refractivity (Wildman–Crippen MR) is 132 cm³/mol. The van der Waals surface area contributed by atoms with Crippen LogP contribution in [0.5, 0.6) is 11.5 Å². The molecule has 45 heavy (non-hydrogen) atoms. The van der Waals surface area contributed by atoms with Crippen molar-refractivity contribution in [3.63, 3.8) is 0 Å². The van der Waals surface area contributed by atoms with Gasteiger partial charge in [-0.1, -0.05) is 25.2 Å². The molecule has 0 aromatic heterocycles. The van der Waals surface area contributed by atoms with Crippen LogP contribution in [0.2, 0.25) is 13.1 Å². The van der Waals surface area contributed by atoms with Gasteiger partial charge in [0, 0.05) is 11.1 Å². The second-order valence-corrected chi connectivity index (χ2v) is 17.5. The fourth-order valence-corrected chi connectivity index (χ4v) is 9.28. The molecule has 2 aliphatic heterocycles. The van der Waals surface area contributed by atoms with Crippen LogP contribution < -0.4 is 18.7 Å². The van der Waals surface area contributed by atoms with Gasteiger partial charge in [-0.15, -0.1) is 0 Å². The molecular formula is C24H12F10O8S2Si. The van der Waals surface area contributed by atoms with Gasteiger partial charge in [-0.3, -0.25) is 0 Å². The SMILES string of the molecule is C[Si]1(C)c2cc(OS(=O)(=O)C(F)(F)F)ccc2C2(OC(=O)c3c(F)c(F)c(F)c(F)c32)c2ccc(OS(=O)(=O)C(F)(F)F)cc21. The lowest BCUT2D eigenvalue weighted by atomic mass is 9.78. The van der Waals surface area contributed by atoms with Crippen LogP contribution in [0.4, 0.5) is 43.9 Å². The number of ether oxygens (including phenoxy) is 1. The van der Waals surface area contributed by atoms with Gasteiger partial charge < -0.3 is 13.1 Å². The van der Waals surface area contributed by atoms with Crippen LogP contribution in [0, 0.1) is 23.3 Å². The van der Waals surface area contributed by atoms with Gasteiger partial charge in [-0.05, 0) is 34.6 Å². The molecule has 3 aromatic rings. The summed E-state index contributed by atoms with van der Waals surface area (Å²) in [5.41, 5.74) is -18.2. The minimum absolute atomic E-state index is 0.286. The lowest BCUT2D eigenvalue weighted by Gasteiger charge is -2.43.